The molecule has 4 heterocycles. The molecule has 29 heteroatoms. The van der Waals surface area contributed by atoms with Gasteiger partial charge >= 0.3 is 70.4 Å². The summed E-state index contributed by atoms with van der Waals surface area (Å²) in [7, 11) is -6.20. The fraction of sp³-hybridized carbons (Fsp3) is 0.770. The van der Waals surface area contributed by atoms with E-state index in [2.05, 4.69) is 109 Å². The van der Waals surface area contributed by atoms with Gasteiger partial charge in [-0.05, 0) is 183 Å². The number of alkyl carbamates (subject to hydrolysis) is 3. The van der Waals surface area contributed by atoms with E-state index in [-0.39, 0.29) is 39.5 Å². The maximum Gasteiger partial charge on any atom is 0.407 e. The first-order chi connectivity index (χ1) is 41.4. The topological polar surface area (TPSA) is 277 Å². The molecule has 0 spiro atoms. The van der Waals surface area contributed by atoms with Crippen molar-refractivity contribution < 1.29 is 97.3 Å². The van der Waals surface area contributed by atoms with Crippen molar-refractivity contribution in [3.05, 3.63) is 52.2 Å². The van der Waals surface area contributed by atoms with E-state index in [1.54, 1.807) is 0 Å². The first-order valence-electron chi connectivity index (χ1n) is 31.3. The van der Waals surface area contributed by atoms with Gasteiger partial charge in [0.15, 0.2) is 0 Å². The molecule has 8 unspecified atom stereocenters. The standard InChI is InChI=1S/C56H98N3O20Si4.C5H11O.Rf/c1-18-45(60)67-35-31-57-48(63)73-51(4,5)42-22-25-54(10,70-42)28-39-81(15)76-80(14,38-21-34-66-13)77-82(16,40-29-55(11)26-23-43(71-55)52(6,7)74-49(64)58-32-36-68-46(61)19-2)79-83(17,78-81)41-30-56(12)27-24-44(72-56)53(8,9)75-50(65)59-33-37-69-47(62)20-3;1-3-4-5-6-2;/h18-20,42-44H,1-3,13,21-41H2,4-12,14-17H3,(H,57,63)(H,58,64)(H,59,65);2-5H2,1H3;/q2*-1;. The summed E-state index contributed by atoms with van der Waals surface area (Å²) in [4.78, 5) is 73.1. The van der Waals surface area contributed by atoms with Gasteiger partial charge in [0, 0.05) is 31.4 Å². The smallest absolute Gasteiger partial charge is 0.407 e. The Morgan fingerprint density at radius 3 is 1.00 bits per heavy atom. The number of hydrogen-bond acceptors (Lipinski definition) is 21. The molecule has 0 radical (unpaired) electrons. The minimum Gasteiger partial charge on any atom is -0.555 e. The average molecular weight is 1600 g/mol. The van der Waals surface area contributed by atoms with Crippen LogP contribution in [0.25, 0.3) is 0 Å². The van der Waals surface area contributed by atoms with Gasteiger partial charge in [-0.25, -0.2) is 43.0 Å². The molecule has 90 heavy (non-hydrogen) atoms. The van der Waals surface area contributed by atoms with Crippen LogP contribution in [-0.4, -0.2) is 175 Å². The molecular formula is C61H109N3O21RfSi4-2. The Labute approximate surface area is 534 Å². The SMILES string of the molecule is C=CC(=O)OCCNC(=O)OC(C)(C)C1CCC(C)(CC[Si]2(C)O[Si](C)(CCCO[CH2-])O[Si](C)(CCC3(C)CCC(C(C)(C)OC(=O)NCCOC(=O)C=C)O3)O[Si](C)(CCC3(C)CCC(C(C)(C)OC(=O)NCCOC(=O)C=C)O3)O2)O1.[CH2-]OCCCC.[Rf]. The Morgan fingerprint density at radius 2 is 0.756 bits per heavy atom. The molecule has 8 atom stereocenters. The number of carbonyl (C=O) groups is 6. The monoisotopic (exact) mass is 1600 g/mol. The second-order valence-electron chi connectivity index (χ2n) is 26.4. The Hall–Kier alpha value is -5.05. The summed E-state index contributed by atoms with van der Waals surface area (Å²) in [6, 6.07) is 2.18. The summed E-state index contributed by atoms with van der Waals surface area (Å²) in [5.74, 6) is -1.76. The molecule has 0 bridgehead atoms. The van der Waals surface area contributed by atoms with Crippen molar-refractivity contribution in [2.75, 3.05) is 52.7 Å². The van der Waals surface area contributed by atoms with E-state index in [1.165, 1.54) is 6.42 Å². The van der Waals surface area contributed by atoms with E-state index in [0.717, 1.165) is 31.3 Å². The predicted molar refractivity (Wildman–Crippen MR) is 343 cm³/mol. The third-order valence-corrected chi connectivity index (χ3v) is 35.0. The summed E-state index contributed by atoms with van der Waals surface area (Å²) in [6.07, 6.45) is 8.49. The quantitative estimate of drug-likeness (QED) is 0.0135. The molecular weight excluding hydrogens is 1490 g/mol. The van der Waals surface area contributed by atoms with Crippen LogP contribution in [0.5, 0.6) is 0 Å². The van der Waals surface area contributed by atoms with Crippen molar-refractivity contribution >= 4 is 70.4 Å². The number of amides is 3. The Bertz CT molecular complexity index is 2240. The van der Waals surface area contributed by atoms with E-state index >= 15 is 0 Å². The summed E-state index contributed by atoms with van der Waals surface area (Å²) in [6.45, 7) is 39.1. The van der Waals surface area contributed by atoms with Crippen LogP contribution in [-0.2, 0) is 82.9 Å². The zero-order valence-corrected chi connectivity index (χ0v) is 67.1. The van der Waals surface area contributed by atoms with Crippen LogP contribution in [0.4, 0.5) is 14.4 Å². The third-order valence-electron chi connectivity index (χ3n) is 16.4. The number of carbonyl (C=O) groups excluding carboxylic acids is 6. The van der Waals surface area contributed by atoms with E-state index in [9.17, 15) is 28.8 Å². The summed E-state index contributed by atoms with van der Waals surface area (Å²) < 4.78 is 93.4. The molecule has 4 aliphatic rings. The van der Waals surface area contributed by atoms with Gasteiger partial charge in [0.25, 0.3) is 0 Å². The zero-order chi connectivity index (χ0) is 67.0. The minimum absolute atomic E-state index is 0. The number of nitrogens with one attached hydrogen (secondary N) is 3. The second kappa shape index (κ2) is 35.8. The minimum atomic E-state index is -3.33. The van der Waals surface area contributed by atoms with E-state index in [4.69, 9.17) is 63.8 Å². The molecule has 4 rings (SSSR count). The molecule has 4 saturated heterocycles. The van der Waals surface area contributed by atoms with Crippen molar-refractivity contribution in [2.45, 2.75) is 249 Å². The molecule has 0 saturated carbocycles. The maximum absolute atomic E-state index is 12.9. The van der Waals surface area contributed by atoms with Gasteiger partial charge in [0.2, 0.25) is 0 Å². The number of esters is 3. The van der Waals surface area contributed by atoms with Gasteiger partial charge in [-0.15, -0.1) is 0 Å². The van der Waals surface area contributed by atoms with Gasteiger partial charge < -0.3 is 84.5 Å². The first-order valence-corrected chi connectivity index (χ1v) is 41.4. The second-order valence-corrected chi connectivity index (χ2v) is 40.7. The molecule has 24 nitrogen and oxygen atoms in total. The molecule has 4 fully saturated rings. The molecule has 0 aromatic rings. The van der Waals surface area contributed by atoms with Crippen molar-refractivity contribution in [1.82, 2.24) is 16.0 Å². The van der Waals surface area contributed by atoms with Crippen molar-refractivity contribution in [3.63, 3.8) is 0 Å². The van der Waals surface area contributed by atoms with Crippen molar-refractivity contribution in [2.24, 2.45) is 0 Å². The van der Waals surface area contributed by atoms with Crippen LogP contribution in [0.1, 0.15) is 146 Å². The molecule has 4 aliphatic heterocycles. The van der Waals surface area contributed by atoms with Gasteiger partial charge in [-0.2, -0.15) is 0 Å². The van der Waals surface area contributed by atoms with Gasteiger partial charge in [0.05, 0.1) is 54.7 Å². The number of hydrogen-bond donors (Lipinski definition) is 3. The molecule has 514 valence electrons. The van der Waals surface area contributed by atoms with E-state index in [0.29, 0.717) is 95.0 Å². The number of ether oxygens (including phenoxy) is 11. The summed E-state index contributed by atoms with van der Waals surface area (Å²) >= 11 is 0. The molecule has 0 aromatic heterocycles. The fourth-order valence-corrected chi connectivity index (χ4v) is 35.1. The zero-order valence-electron chi connectivity index (χ0n) is 56.8. The Morgan fingerprint density at radius 1 is 0.489 bits per heavy atom. The third kappa shape index (κ3) is 27.6. The average Bonchev–Trinajstić information content (AvgIpc) is 2.25. The van der Waals surface area contributed by atoms with Crippen LogP contribution in [0.3, 0.4) is 0 Å². The molecule has 0 aromatic carbocycles. The van der Waals surface area contributed by atoms with Gasteiger partial charge in [0.1, 0.15) is 36.6 Å². The van der Waals surface area contributed by atoms with E-state index in [1.807, 2.05) is 41.5 Å². The first kappa shape index (κ1) is 81.0. The van der Waals surface area contributed by atoms with Crippen LogP contribution in [0.2, 0.25) is 50.4 Å². The predicted octanol–water partition coefficient (Wildman–Crippen LogP) is 10.8. The van der Waals surface area contributed by atoms with E-state index < -0.39 is 122 Å². The largest absolute Gasteiger partial charge is 0.555 e. The number of unbranched alkanes of at least 4 members (excludes halogenated alkanes) is 1. The normalized spacial score (nSPS) is 29.3. The number of rotatable bonds is 34. The van der Waals surface area contributed by atoms with Crippen molar-refractivity contribution in [3.8, 4) is 0 Å². The maximum atomic E-state index is 12.9. The van der Waals surface area contributed by atoms with Crippen LogP contribution < -0.4 is 16.0 Å². The van der Waals surface area contributed by atoms with Crippen LogP contribution in [0, 0.1) is 14.2 Å². The Kier molecular flexibility index (Phi) is 32.3. The van der Waals surface area contributed by atoms with Crippen LogP contribution >= 0.6 is 0 Å². The molecule has 3 amide bonds. The molecule has 3 N–H and O–H groups in total. The summed E-state index contributed by atoms with van der Waals surface area (Å²) in [5, 5.41) is 7.90. The van der Waals surface area contributed by atoms with Gasteiger partial charge in [-0.3, -0.25) is 0 Å². The van der Waals surface area contributed by atoms with Crippen LogP contribution in [0.15, 0.2) is 38.0 Å². The van der Waals surface area contributed by atoms with Crippen molar-refractivity contribution in [1.29, 1.82) is 0 Å². The fourth-order valence-electron chi connectivity index (χ4n) is 11.4. The molecule has 0 aliphatic carbocycles. The Balaban J connectivity index is 0.00000374. The van der Waals surface area contributed by atoms with Gasteiger partial charge in [-0.1, -0.05) is 33.1 Å². The summed E-state index contributed by atoms with van der Waals surface area (Å²) in [5.41, 5.74) is -4.91.